The van der Waals surface area contributed by atoms with Gasteiger partial charge in [-0.15, -0.1) is 0 Å². The molecule has 2 aliphatic rings. The Bertz CT molecular complexity index is 1150. The number of fused-ring (bicyclic) bond motifs is 2. The molecule has 3 aromatic rings. The number of aromatic amines is 1. The predicted octanol–water partition coefficient (Wildman–Crippen LogP) is 3.12. The van der Waals surface area contributed by atoms with Crippen molar-refractivity contribution in [2.24, 2.45) is 5.92 Å². The molecule has 0 saturated carbocycles. The van der Waals surface area contributed by atoms with Crippen LogP contribution in [0.1, 0.15) is 36.7 Å². The molecule has 0 aliphatic carbocycles. The van der Waals surface area contributed by atoms with Gasteiger partial charge >= 0.3 is 0 Å². The third kappa shape index (κ3) is 4.14. The molecule has 0 unspecified atom stereocenters. The number of aromatic nitrogens is 3. The van der Waals surface area contributed by atoms with Crippen molar-refractivity contribution in [1.82, 2.24) is 19.9 Å². The molecule has 2 aliphatic heterocycles. The lowest BCUT2D eigenvalue weighted by Gasteiger charge is -2.32. The van der Waals surface area contributed by atoms with Gasteiger partial charge in [-0.2, -0.15) is 0 Å². The number of rotatable bonds is 4. The Morgan fingerprint density at radius 2 is 1.97 bits per heavy atom. The van der Waals surface area contributed by atoms with Crippen molar-refractivity contribution in [3.8, 4) is 5.75 Å². The number of nitrogens with zero attached hydrogens (tertiary/aromatic N) is 4. The van der Waals surface area contributed by atoms with E-state index in [4.69, 9.17) is 14.7 Å². The summed E-state index contributed by atoms with van der Waals surface area (Å²) in [4.78, 5) is 30.0. The van der Waals surface area contributed by atoms with Crippen LogP contribution in [0.2, 0.25) is 0 Å². The number of pyridine rings is 1. The number of hydrogen-bond donors (Lipinski definition) is 1. The summed E-state index contributed by atoms with van der Waals surface area (Å²) in [6.07, 6.45) is 3.10. The highest BCUT2D eigenvalue weighted by molar-refractivity contribution is 5.80. The molecule has 1 aromatic carbocycles. The number of methoxy groups -OCH3 is 1. The van der Waals surface area contributed by atoms with Crippen LogP contribution in [0.25, 0.3) is 10.9 Å². The molecule has 2 aromatic heterocycles. The molecule has 4 heterocycles. The van der Waals surface area contributed by atoms with E-state index in [-0.39, 0.29) is 5.56 Å². The molecule has 0 spiro atoms. The first-order valence-electron chi connectivity index (χ1n) is 11.1. The maximum absolute atomic E-state index is 12.8. The third-order valence-electron chi connectivity index (χ3n) is 6.56. The number of piperidine rings is 1. The van der Waals surface area contributed by atoms with Crippen molar-refractivity contribution in [3.63, 3.8) is 0 Å². The molecule has 1 fully saturated rings. The van der Waals surface area contributed by atoms with Gasteiger partial charge < -0.3 is 9.64 Å². The number of H-pyrrole nitrogens is 1. The second-order valence-electron chi connectivity index (χ2n) is 8.81. The third-order valence-corrected chi connectivity index (χ3v) is 6.56. The number of hydrogen-bond acceptors (Lipinski definition) is 6. The molecule has 1 saturated heterocycles. The van der Waals surface area contributed by atoms with Crippen LogP contribution in [0.3, 0.4) is 0 Å². The quantitative estimate of drug-likeness (QED) is 0.700. The van der Waals surface area contributed by atoms with E-state index in [1.54, 1.807) is 7.11 Å². The summed E-state index contributed by atoms with van der Waals surface area (Å²) in [5, 5.41) is 1.06. The Balaban J connectivity index is 1.31. The Morgan fingerprint density at radius 3 is 2.77 bits per heavy atom. The fourth-order valence-electron chi connectivity index (χ4n) is 4.56. The van der Waals surface area contributed by atoms with Gasteiger partial charge in [0.2, 0.25) is 5.95 Å². The van der Waals surface area contributed by atoms with Gasteiger partial charge in [-0.3, -0.25) is 19.7 Å². The van der Waals surface area contributed by atoms with Gasteiger partial charge in [0.15, 0.2) is 0 Å². The maximum Gasteiger partial charge on any atom is 0.257 e. The molecular weight excluding hydrogens is 390 g/mol. The first-order chi connectivity index (χ1) is 15.1. The molecule has 0 bridgehead atoms. The monoisotopic (exact) mass is 419 g/mol. The first-order valence-corrected chi connectivity index (χ1v) is 11.1. The first kappa shape index (κ1) is 20.0. The average Bonchev–Trinajstić information content (AvgIpc) is 2.79. The summed E-state index contributed by atoms with van der Waals surface area (Å²) < 4.78 is 5.29. The molecule has 162 valence electrons. The molecular formula is C24H29N5O2. The second kappa shape index (κ2) is 8.30. The SMILES string of the molecule is COc1ccc2nc(CN3CCc4nc(N5CCC(C)CC5)[nH]c(=O)c4C3)ccc2c1. The van der Waals surface area contributed by atoms with Crippen LogP contribution >= 0.6 is 0 Å². The summed E-state index contributed by atoms with van der Waals surface area (Å²) >= 11 is 0. The number of ether oxygens (including phenoxy) is 1. The number of nitrogens with one attached hydrogen (secondary N) is 1. The summed E-state index contributed by atoms with van der Waals surface area (Å²) in [7, 11) is 1.67. The van der Waals surface area contributed by atoms with Crippen LogP contribution < -0.4 is 15.2 Å². The molecule has 31 heavy (non-hydrogen) atoms. The van der Waals surface area contributed by atoms with Crippen LogP contribution in [-0.2, 0) is 19.5 Å². The highest BCUT2D eigenvalue weighted by atomic mass is 16.5. The highest BCUT2D eigenvalue weighted by Crippen LogP contribution is 2.23. The van der Waals surface area contributed by atoms with E-state index >= 15 is 0 Å². The highest BCUT2D eigenvalue weighted by Gasteiger charge is 2.24. The summed E-state index contributed by atoms with van der Waals surface area (Å²) in [5.41, 5.74) is 3.71. The average molecular weight is 420 g/mol. The van der Waals surface area contributed by atoms with E-state index in [2.05, 4.69) is 33.8 Å². The topological polar surface area (TPSA) is 74.3 Å². The lowest BCUT2D eigenvalue weighted by Crippen LogP contribution is -2.39. The van der Waals surface area contributed by atoms with Gasteiger partial charge in [0.05, 0.1) is 29.6 Å². The molecule has 0 amide bonds. The number of benzene rings is 1. The molecule has 7 heteroatoms. The molecule has 5 rings (SSSR count). The minimum atomic E-state index is 0.00175. The van der Waals surface area contributed by atoms with Crippen LogP contribution in [0.5, 0.6) is 5.75 Å². The van der Waals surface area contributed by atoms with Gasteiger partial charge in [-0.05, 0) is 43.0 Å². The van der Waals surface area contributed by atoms with Crippen LogP contribution in [-0.4, -0.2) is 46.6 Å². The van der Waals surface area contributed by atoms with Crippen molar-refractivity contribution in [3.05, 3.63) is 57.6 Å². The van der Waals surface area contributed by atoms with Crippen molar-refractivity contribution < 1.29 is 4.74 Å². The van der Waals surface area contributed by atoms with E-state index in [9.17, 15) is 4.79 Å². The van der Waals surface area contributed by atoms with Crippen molar-refractivity contribution in [2.75, 3.05) is 31.6 Å². The van der Waals surface area contributed by atoms with Crippen molar-refractivity contribution in [1.29, 1.82) is 0 Å². The molecule has 0 atom stereocenters. The van der Waals surface area contributed by atoms with Crippen molar-refractivity contribution >= 4 is 16.9 Å². The van der Waals surface area contributed by atoms with Gasteiger partial charge in [0.25, 0.3) is 5.56 Å². The normalized spacial score (nSPS) is 17.7. The standard InChI is InChI=1S/C24H29N5O2/c1-16-7-11-29(12-8-16)24-26-22-9-10-28(15-20(22)23(30)27-24)14-18-4-3-17-13-19(31-2)5-6-21(17)25-18/h3-6,13,16H,7-12,14-15H2,1-2H3,(H,26,27,30). The van der Waals surface area contributed by atoms with Crippen LogP contribution in [0.15, 0.2) is 35.1 Å². The zero-order valence-corrected chi connectivity index (χ0v) is 18.2. The van der Waals surface area contributed by atoms with E-state index in [0.29, 0.717) is 13.1 Å². The largest absolute Gasteiger partial charge is 0.497 e. The van der Waals surface area contributed by atoms with Gasteiger partial charge in [0, 0.05) is 44.5 Å². The van der Waals surface area contributed by atoms with Gasteiger partial charge in [-0.25, -0.2) is 4.98 Å². The Hall–Kier alpha value is -2.93. The summed E-state index contributed by atoms with van der Waals surface area (Å²) in [6, 6.07) is 10.1. The van der Waals surface area contributed by atoms with Crippen LogP contribution in [0.4, 0.5) is 5.95 Å². The second-order valence-corrected chi connectivity index (χ2v) is 8.81. The van der Waals surface area contributed by atoms with E-state index in [1.807, 2.05) is 18.2 Å². The Labute approximate surface area is 182 Å². The minimum absolute atomic E-state index is 0.00175. The fraction of sp³-hybridized carbons (Fsp3) is 0.458. The van der Waals surface area contributed by atoms with Gasteiger partial charge in [0.1, 0.15) is 5.75 Å². The molecule has 7 nitrogen and oxygen atoms in total. The Morgan fingerprint density at radius 1 is 1.13 bits per heavy atom. The predicted molar refractivity (Wildman–Crippen MR) is 122 cm³/mol. The minimum Gasteiger partial charge on any atom is -0.497 e. The molecule has 1 N–H and O–H groups in total. The maximum atomic E-state index is 12.8. The van der Waals surface area contributed by atoms with Crippen molar-refractivity contribution in [2.45, 2.75) is 39.3 Å². The Kier molecular flexibility index (Phi) is 5.36. The smallest absolute Gasteiger partial charge is 0.257 e. The van der Waals surface area contributed by atoms with E-state index in [1.165, 1.54) is 0 Å². The van der Waals surface area contributed by atoms with E-state index in [0.717, 1.165) is 84.4 Å². The number of anilines is 1. The van der Waals surface area contributed by atoms with E-state index < -0.39 is 0 Å². The lowest BCUT2D eigenvalue weighted by molar-refractivity contribution is 0.239. The zero-order chi connectivity index (χ0) is 21.4. The summed E-state index contributed by atoms with van der Waals surface area (Å²) in [5.74, 6) is 2.33. The summed E-state index contributed by atoms with van der Waals surface area (Å²) in [6.45, 7) is 6.42. The zero-order valence-electron chi connectivity index (χ0n) is 18.2. The van der Waals surface area contributed by atoms with Crippen LogP contribution in [0, 0.1) is 5.92 Å². The molecule has 0 radical (unpaired) electrons. The lowest BCUT2D eigenvalue weighted by atomic mass is 9.99. The van der Waals surface area contributed by atoms with Gasteiger partial charge in [-0.1, -0.05) is 13.0 Å². The fourth-order valence-corrected chi connectivity index (χ4v) is 4.56.